The van der Waals surface area contributed by atoms with E-state index in [2.05, 4.69) is 41.7 Å². The second-order valence-corrected chi connectivity index (χ2v) is 9.18. The molecule has 0 atom stereocenters. The van der Waals surface area contributed by atoms with Crippen LogP contribution in [0.15, 0.2) is 91.0 Å². The van der Waals surface area contributed by atoms with Crippen molar-refractivity contribution in [3.63, 3.8) is 0 Å². The summed E-state index contributed by atoms with van der Waals surface area (Å²) in [5.41, 5.74) is 5.69. The number of anilines is 1. The summed E-state index contributed by atoms with van der Waals surface area (Å²) in [6.45, 7) is 2.74. The highest BCUT2D eigenvalue weighted by Crippen LogP contribution is 2.34. The van der Waals surface area contributed by atoms with Gasteiger partial charge in [-0.05, 0) is 70.8 Å². The van der Waals surface area contributed by atoms with Gasteiger partial charge in [0, 0.05) is 31.5 Å². The third kappa shape index (κ3) is 6.22. The molecular weight excluding hydrogens is 492 g/mol. The Hall–Kier alpha value is -4.33. The summed E-state index contributed by atoms with van der Waals surface area (Å²) in [4.78, 5) is 15.7. The van der Waals surface area contributed by atoms with E-state index in [9.17, 15) is 4.79 Å². The number of hydrogen-bond acceptors (Lipinski definition) is 6. The number of rotatable bonds is 11. The number of methoxy groups -OCH3 is 2. The molecular formula is C32H32N2O5. The number of hydrogen-bond donors (Lipinski definition) is 1. The molecule has 4 aromatic carbocycles. The number of nitrogens with one attached hydrogen (secondary N) is 1. The zero-order valence-corrected chi connectivity index (χ0v) is 22.2. The Labute approximate surface area is 228 Å². The van der Waals surface area contributed by atoms with Crippen molar-refractivity contribution in [2.45, 2.75) is 13.1 Å². The first kappa shape index (κ1) is 26.3. The van der Waals surface area contributed by atoms with Gasteiger partial charge in [0.05, 0.1) is 20.3 Å². The molecule has 0 bridgehead atoms. The molecule has 1 N–H and O–H groups in total. The van der Waals surface area contributed by atoms with Gasteiger partial charge in [-0.15, -0.1) is 0 Å². The van der Waals surface area contributed by atoms with Gasteiger partial charge in [-0.1, -0.05) is 42.5 Å². The maximum Gasteiger partial charge on any atom is 0.258 e. The quantitative estimate of drug-likeness (QED) is 0.255. The van der Waals surface area contributed by atoms with Crippen LogP contribution in [0, 0.1) is 0 Å². The van der Waals surface area contributed by atoms with Gasteiger partial charge in [0.1, 0.15) is 5.75 Å². The topological polar surface area (TPSA) is 69.3 Å². The number of benzene rings is 4. The van der Waals surface area contributed by atoms with Gasteiger partial charge in [-0.2, -0.15) is 0 Å². The third-order valence-electron chi connectivity index (χ3n) is 6.64. The largest absolute Gasteiger partial charge is 0.497 e. The first-order valence-corrected chi connectivity index (χ1v) is 12.9. The maximum atomic E-state index is 14.0. The molecule has 1 heterocycles. The fourth-order valence-corrected chi connectivity index (χ4v) is 4.59. The van der Waals surface area contributed by atoms with E-state index in [0.29, 0.717) is 30.2 Å². The number of carbonyl (C=O) groups excluding carboxylic acids is 1. The Bertz CT molecular complexity index is 1420. The monoisotopic (exact) mass is 524 g/mol. The van der Waals surface area contributed by atoms with Crippen molar-refractivity contribution in [3.05, 3.63) is 108 Å². The van der Waals surface area contributed by atoms with E-state index in [-0.39, 0.29) is 12.7 Å². The Kier molecular flexibility index (Phi) is 8.41. The van der Waals surface area contributed by atoms with Crippen molar-refractivity contribution < 1.29 is 23.7 Å². The number of carbonyl (C=O) groups is 1. The summed E-state index contributed by atoms with van der Waals surface area (Å²) in [7, 11) is 3.33. The highest BCUT2D eigenvalue weighted by Gasteiger charge is 2.23. The van der Waals surface area contributed by atoms with E-state index in [1.807, 2.05) is 36.4 Å². The molecule has 4 aromatic rings. The van der Waals surface area contributed by atoms with Crippen molar-refractivity contribution >= 4 is 11.6 Å². The van der Waals surface area contributed by atoms with Crippen LogP contribution < -0.4 is 24.4 Å². The molecule has 1 aliphatic rings. The zero-order valence-electron chi connectivity index (χ0n) is 22.2. The smallest absolute Gasteiger partial charge is 0.258 e. The average molecular weight is 525 g/mol. The zero-order chi connectivity index (χ0) is 27.0. The molecule has 0 fully saturated rings. The van der Waals surface area contributed by atoms with Crippen LogP contribution in [-0.4, -0.2) is 40.1 Å². The van der Waals surface area contributed by atoms with Gasteiger partial charge in [-0.25, -0.2) is 0 Å². The van der Waals surface area contributed by atoms with Crippen LogP contribution in [0.1, 0.15) is 21.5 Å². The van der Waals surface area contributed by atoms with E-state index >= 15 is 0 Å². The summed E-state index contributed by atoms with van der Waals surface area (Å²) in [5, 5.41) is 3.40. The summed E-state index contributed by atoms with van der Waals surface area (Å²) in [5.74, 6) is 1.81. The van der Waals surface area contributed by atoms with Crippen molar-refractivity contribution in [2.24, 2.45) is 0 Å². The predicted octanol–water partition coefficient (Wildman–Crippen LogP) is 5.67. The standard InChI is InChI=1S/C32H32N2O5/c1-36-17-16-33-20-23-6-5-8-24(18-23)29-9-4-3-7-26(29)21-34(27-11-13-28(37-2)14-12-27)32(35)25-10-15-30-31(19-25)39-22-38-30/h3-15,18-19,33H,16-17,20-22H2,1-2H3. The van der Waals surface area contributed by atoms with Crippen LogP contribution >= 0.6 is 0 Å². The molecule has 0 unspecified atom stereocenters. The Balaban J connectivity index is 1.47. The van der Waals surface area contributed by atoms with Gasteiger partial charge < -0.3 is 29.2 Å². The first-order chi connectivity index (χ1) is 19.2. The van der Waals surface area contributed by atoms with E-state index in [0.717, 1.165) is 41.2 Å². The minimum atomic E-state index is -0.135. The van der Waals surface area contributed by atoms with Crippen molar-refractivity contribution in [2.75, 3.05) is 39.1 Å². The lowest BCUT2D eigenvalue weighted by molar-refractivity contribution is 0.0984. The molecule has 1 aliphatic heterocycles. The van der Waals surface area contributed by atoms with Gasteiger partial charge in [0.2, 0.25) is 6.79 Å². The molecule has 0 saturated heterocycles. The second kappa shape index (κ2) is 12.5. The number of fused-ring (bicyclic) bond motifs is 1. The summed E-state index contributed by atoms with van der Waals surface area (Å²) in [6.07, 6.45) is 0. The van der Waals surface area contributed by atoms with E-state index in [1.165, 1.54) is 5.56 Å². The van der Waals surface area contributed by atoms with Crippen LogP contribution in [0.25, 0.3) is 11.1 Å². The molecule has 39 heavy (non-hydrogen) atoms. The second-order valence-electron chi connectivity index (χ2n) is 9.18. The molecule has 0 aromatic heterocycles. The minimum absolute atomic E-state index is 0.135. The van der Waals surface area contributed by atoms with Gasteiger partial charge >= 0.3 is 0 Å². The van der Waals surface area contributed by atoms with Gasteiger partial charge in [0.25, 0.3) is 5.91 Å². The summed E-state index contributed by atoms with van der Waals surface area (Å²) >= 11 is 0. The lowest BCUT2D eigenvalue weighted by Gasteiger charge is -2.25. The average Bonchev–Trinajstić information content (AvgIpc) is 3.46. The third-order valence-corrected chi connectivity index (χ3v) is 6.64. The van der Waals surface area contributed by atoms with Gasteiger partial charge in [0.15, 0.2) is 11.5 Å². The molecule has 7 nitrogen and oxygen atoms in total. The fraction of sp³-hybridized carbons (Fsp3) is 0.219. The minimum Gasteiger partial charge on any atom is -0.497 e. The molecule has 7 heteroatoms. The molecule has 0 spiro atoms. The lowest BCUT2D eigenvalue weighted by atomic mass is 9.97. The Morgan fingerprint density at radius 1 is 0.897 bits per heavy atom. The first-order valence-electron chi connectivity index (χ1n) is 12.9. The summed E-state index contributed by atoms with van der Waals surface area (Å²) in [6, 6.07) is 29.5. The SMILES string of the molecule is COCCNCc1cccc(-c2ccccc2CN(C(=O)c2ccc3c(c2)OCO3)c2ccc(OC)cc2)c1. The van der Waals surface area contributed by atoms with Crippen molar-refractivity contribution in [3.8, 4) is 28.4 Å². The number of nitrogens with zero attached hydrogens (tertiary/aromatic N) is 1. The Morgan fingerprint density at radius 2 is 1.72 bits per heavy atom. The predicted molar refractivity (Wildman–Crippen MR) is 152 cm³/mol. The molecule has 5 rings (SSSR count). The molecule has 200 valence electrons. The summed E-state index contributed by atoms with van der Waals surface area (Å²) < 4.78 is 21.4. The normalized spacial score (nSPS) is 11.8. The number of ether oxygens (including phenoxy) is 4. The van der Waals surface area contributed by atoms with E-state index in [1.54, 1.807) is 37.3 Å². The van der Waals surface area contributed by atoms with Crippen molar-refractivity contribution in [1.29, 1.82) is 0 Å². The lowest BCUT2D eigenvalue weighted by Crippen LogP contribution is -2.30. The molecule has 0 radical (unpaired) electrons. The molecule has 1 amide bonds. The van der Waals surface area contributed by atoms with Crippen LogP contribution in [0.2, 0.25) is 0 Å². The van der Waals surface area contributed by atoms with E-state index in [4.69, 9.17) is 18.9 Å². The van der Waals surface area contributed by atoms with Crippen LogP contribution in [0.3, 0.4) is 0 Å². The number of amides is 1. The fourth-order valence-electron chi connectivity index (χ4n) is 4.59. The Morgan fingerprint density at radius 3 is 2.54 bits per heavy atom. The van der Waals surface area contributed by atoms with Crippen LogP contribution in [0.5, 0.6) is 17.2 Å². The molecule has 0 aliphatic carbocycles. The highest BCUT2D eigenvalue weighted by atomic mass is 16.7. The van der Waals surface area contributed by atoms with Crippen molar-refractivity contribution in [1.82, 2.24) is 5.32 Å². The molecule has 0 saturated carbocycles. The highest BCUT2D eigenvalue weighted by molar-refractivity contribution is 6.06. The maximum absolute atomic E-state index is 14.0. The van der Waals surface area contributed by atoms with Crippen LogP contribution in [0.4, 0.5) is 5.69 Å². The van der Waals surface area contributed by atoms with Crippen LogP contribution in [-0.2, 0) is 17.8 Å². The van der Waals surface area contributed by atoms with Gasteiger partial charge in [-0.3, -0.25) is 4.79 Å². The van der Waals surface area contributed by atoms with E-state index < -0.39 is 0 Å².